The summed E-state index contributed by atoms with van der Waals surface area (Å²) in [6, 6.07) is 8.11. The van der Waals surface area contributed by atoms with Crippen LogP contribution in [0.15, 0.2) is 24.3 Å². The maximum Gasteiger partial charge on any atom is 0.119 e. The lowest BCUT2D eigenvalue weighted by Gasteiger charge is -2.09. The molecule has 1 aromatic rings. The summed E-state index contributed by atoms with van der Waals surface area (Å²) < 4.78 is 15.8. The number of methoxy groups -OCH3 is 1. The van der Waals surface area contributed by atoms with Gasteiger partial charge in [-0.3, -0.25) is 0 Å². The predicted molar refractivity (Wildman–Crippen MR) is 72.0 cm³/mol. The molecule has 0 bridgehead atoms. The fourth-order valence-electron chi connectivity index (χ4n) is 1.48. The van der Waals surface area contributed by atoms with Gasteiger partial charge in [-0.15, -0.1) is 0 Å². The zero-order valence-electron chi connectivity index (χ0n) is 11.3. The van der Waals surface area contributed by atoms with Crippen molar-refractivity contribution in [3.8, 4) is 5.75 Å². The molecular formula is C14H23NO3. The lowest BCUT2D eigenvalue weighted by molar-refractivity contribution is 0.0544. The Kier molecular flexibility index (Phi) is 8.21. The molecule has 0 unspecified atom stereocenters. The molecule has 0 saturated heterocycles. The Morgan fingerprint density at radius 3 is 2.72 bits per heavy atom. The highest BCUT2D eigenvalue weighted by atomic mass is 16.5. The van der Waals surface area contributed by atoms with Crippen LogP contribution in [0.1, 0.15) is 12.5 Å². The molecule has 0 saturated carbocycles. The number of ether oxygens (including phenoxy) is 3. The van der Waals surface area contributed by atoms with Crippen LogP contribution in [0, 0.1) is 0 Å². The predicted octanol–water partition coefficient (Wildman–Crippen LogP) is 1.84. The fourth-order valence-corrected chi connectivity index (χ4v) is 1.48. The van der Waals surface area contributed by atoms with Gasteiger partial charge in [-0.05, 0) is 24.2 Å². The molecule has 0 aliphatic carbocycles. The van der Waals surface area contributed by atoms with Crippen molar-refractivity contribution in [2.75, 3.05) is 40.1 Å². The summed E-state index contributed by atoms with van der Waals surface area (Å²) in [4.78, 5) is 0. The van der Waals surface area contributed by atoms with E-state index in [4.69, 9.17) is 14.2 Å². The molecule has 18 heavy (non-hydrogen) atoms. The van der Waals surface area contributed by atoms with Gasteiger partial charge in [-0.2, -0.15) is 0 Å². The topological polar surface area (TPSA) is 39.7 Å². The van der Waals surface area contributed by atoms with Crippen LogP contribution in [-0.4, -0.2) is 40.1 Å². The Hall–Kier alpha value is -1.10. The van der Waals surface area contributed by atoms with Crippen molar-refractivity contribution in [1.29, 1.82) is 0 Å². The first-order valence-electron chi connectivity index (χ1n) is 6.36. The van der Waals surface area contributed by atoms with E-state index in [2.05, 4.69) is 24.4 Å². The molecule has 1 aromatic carbocycles. The van der Waals surface area contributed by atoms with Gasteiger partial charge >= 0.3 is 0 Å². The van der Waals surface area contributed by atoms with E-state index in [9.17, 15) is 0 Å². The van der Waals surface area contributed by atoms with Crippen molar-refractivity contribution in [2.45, 2.75) is 13.5 Å². The molecular weight excluding hydrogens is 230 g/mol. The first kappa shape index (κ1) is 15.0. The molecule has 0 radical (unpaired) electrons. The van der Waals surface area contributed by atoms with E-state index < -0.39 is 0 Å². The molecule has 4 nitrogen and oxygen atoms in total. The van der Waals surface area contributed by atoms with Crippen LogP contribution in [0.25, 0.3) is 0 Å². The van der Waals surface area contributed by atoms with Crippen molar-refractivity contribution in [3.63, 3.8) is 0 Å². The summed E-state index contributed by atoms with van der Waals surface area (Å²) in [6.45, 7) is 6.32. The Balaban J connectivity index is 2.20. The second-order valence-electron chi connectivity index (χ2n) is 3.88. The third-order valence-corrected chi connectivity index (χ3v) is 2.41. The smallest absolute Gasteiger partial charge is 0.119 e. The van der Waals surface area contributed by atoms with Gasteiger partial charge in [0.2, 0.25) is 0 Å². The number of benzene rings is 1. The van der Waals surface area contributed by atoms with Crippen molar-refractivity contribution < 1.29 is 14.2 Å². The second-order valence-corrected chi connectivity index (χ2v) is 3.88. The number of hydrogen-bond acceptors (Lipinski definition) is 4. The van der Waals surface area contributed by atoms with Crippen LogP contribution in [-0.2, 0) is 16.0 Å². The van der Waals surface area contributed by atoms with Gasteiger partial charge in [0.05, 0.1) is 19.8 Å². The van der Waals surface area contributed by atoms with Crippen LogP contribution in [0.2, 0.25) is 0 Å². The summed E-state index contributed by atoms with van der Waals surface area (Å²) >= 11 is 0. The van der Waals surface area contributed by atoms with Gasteiger partial charge in [0.25, 0.3) is 0 Å². The van der Waals surface area contributed by atoms with Crippen molar-refractivity contribution in [3.05, 3.63) is 29.8 Å². The SMILES string of the molecule is CCNCc1cccc(OCCOCCOC)c1. The molecule has 0 heterocycles. The minimum Gasteiger partial charge on any atom is -0.491 e. The lowest BCUT2D eigenvalue weighted by Crippen LogP contribution is -2.12. The summed E-state index contributed by atoms with van der Waals surface area (Å²) in [5.74, 6) is 0.890. The zero-order valence-corrected chi connectivity index (χ0v) is 11.3. The fraction of sp³-hybridized carbons (Fsp3) is 0.571. The first-order valence-corrected chi connectivity index (χ1v) is 6.36. The molecule has 0 aliphatic rings. The van der Waals surface area contributed by atoms with E-state index in [0.29, 0.717) is 26.4 Å². The Morgan fingerprint density at radius 1 is 1.11 bits per heavy atom. The summed E-state index contributed by atoms with van der Waals surface area (Å²) in [7, 11) is 1.66. The van der Waals surface area contributed by atoms with Crippen LogP contribution in [0.5, 0.6) is 5.75 Å². The molecule has 102 valence electrons. The third kappa shape index (κ3) is 6.59. The third-order valence-electron chi connectivity index (χ3n) is 2.41. The molecule has 0 atom stereocenters. The second kappa shape index (κ2) is 9.88. The molecule has 0 aliphatic heterocycles. The van der Waals surface area contributed by atoms with Gasteiger partial charge in [-0.1, -0.05) is 19.1 Å². The van der Waals surface area contributed by atoms with Crippen LogP contribution < -0.4 is 10.1 Å². The summed E-state index contributed by atoms with van der Waals surface area (Å²) in [5, 5.41) is 3.29. The van der Waals surface area contributed by atoms with E-state index in [1.54, 1.807) is 7.11 Å². The average Bonchev–Trinajstić information content (AvgIpc) is 2.41. The highest BCUT2D eigenvalue weighted by Gasteiger charge is 1.97. The van der Waals surface area contributed by atoms with Crippen molar-refractivity contribution in [1.82, 2.24) is 5.32 Å². The summed E-state index contributed by atoms with van der Waals surface area (Å²) in [5.41, 5.74) is 1.23. The van der Waals surface area contributed by atoms with Crippen LogP contribution in [0.4, 0.5) is 0 Å². The molecule has 4 heteroatoms. The van der Waals surface area contributed by atoms with Gasteiger partial charge in [-0.25, -0.2) is 0 Å². The van der Waals surface area contributed by atoms with E-state index in [1.165, 1.54) is 5.56 Å². The van der Waals surface area contributed by atoms with Crippen LogP contribution in [0.3, 0.4) is 0 Å². The first-order chi connectivity index (χ1) is 8.86. The standard InChI is InChI=1S/C14H23NO3/c1-3-15-12-13-5-4-6-14(11-13)18-10-9-17-8-7-16-2/h4-6,11,15H,3,7-10,12H2,1-2H3. The minimum atomic E-state index is 0.564. The maximum atomic E-state index is 5.61. The Labute approximate surface area is 109 Å². The Bertz CT molecular complexity index is 318. The number of hydrogen-bond donors (Lipinski definition) is 1. The average molecular weight is 253 g/mol. The lowest BCUT2D eigenvalue weighted by atomic mass is 10.2. The van der Waals surface area contributed by atoms with Gasteiger partial charge in [0.1, 0.15) is 12.4 Å². The normalized spacial score (nSPS) is 10.6. The van der Waals surface area contributed by atoms with Crippen molar-refractivity contribution >= 4 is 0 Å². The quantitative estimate of drug-likeness (QED) is 0.646. The number of rotatable bonds is 10. The van der Waals surface area contributed by atoms with Crippen molar-refractivity contribution in [2.24, 2.45) is 0 Å². The monoisotopic (exact) mass is 253 g/mol. The van der Waals surface area contributed by atoms with Gasteiger partial charge < -0.3 is 19.5 Å². The highest BCUT2D eigenvalue weighted by Crippen LogP contribution is 2.12. The molecule has 0 spiro atoms. The largest absolute Gasteiger partial charge is 0.491 e. The van der Waals surface area contributed by atoms with E-state index in [1.807, 2.05) is 12.1 Å². The number of nitrogens with one attached hydrogen (secondary N) is 1. The highest BCUT2D eigenvalue weighted by molar-refractivity contribution is 5.28. The maximum absolute atomic E-state index is 5.61. The zero-order chi connectivity index (χ0) is 13.1. The van der Waals surface area contributed by atoms with Gasteiger partial charge in [0, 0.05) is 13.7 Å². The van der Waals surface area contributed by atoms with E-state index >= 15 is 0 Å². The Morgan fingerprint density at radius 2 is 1.94 bits per heavy atom. The molecule has 1 N–H and O–H groups in total. The van der Waals surface area contributed by atoms with Crippen LogP contribution >= 0.6 is 0 Å². The summed E-state index contributed by atoms with van der Waals surface area (Å²) in [6.07, 6.45) is 0. The molecule has 0 aromatic heterocycles. The van der Waals surface area contributed by atoms with E-state index in [-0.39, 0.29) is 0 Å². The molecule has 0 amide bonds. The van der Waals surface area contributed by atoms with E-state index in [0.717, 1.165) is 18.8 Å². The minimum absolute atomic E-state index is 0.564. The molecule has 0 fully saturated rings. The molecule has 1 rings (SSSR count). The van der Waals surface area contributed by atoms with Gasteiger partial charge in [0.15, 0.2) is 0 Å².